The fourth-order valence-electron chi connectivity index (χ4n) is 1.91. The Hall–Kier alpha value is -0.900. The molecule has 3 nitrogen and oxygen atoms in total. The first-order chi connectivity index (χ1) is 7.95. The van der Waals surface area contributed by atoms with Gasteiger partial charge in [0.05, 0.1) is 6.61 Å². The molecule has 1 aliphatic rings. The molecular weight excluding hydrogens is 200 g/mol. The standard InChI is InChI=1S/C13H20N2O/c1-2-4-12(5-3-1)11-16-9-6-13-10-14-7-8-15-13/h1-5,13-15H,6-11H2/t13-/m0/s1. The van der Waals surface area contributed by atoms with Crippen molar-refractivity contribution in [2.45, 2.75) is 19.1 Å². The highest BCUT2D eigenvalue weighted by Crippen LogP contribution is 2.02. The van der Waals surface area contributed by atoms with Gasteiger partial charge in [-0.15, -0.1) is 0 Å². The van der Waals surface area contributed by atoms with E-state index in [2.05, 4.69) is 22.8 Å². The Morgan fingerprint density at radius 3 is 2.81 bits per heavy atom. The van der Waals surface area contributed by atoms with Gasteiger partial charge in [-0.3, -0.25) is 0 Å². The van der Waals surface area contributed by atoms with Crippen LogP contribution >= 0.6 is 0 Å². The summed E-state index contributed by atoms with van der Waals surface area (Å²) in [6.45, 7) is 4.77. The minimum atomic E-state index is 0.574. The van der Waals surface area contributed by atoms with Crippen molar-refractivity contribution in [2.75, 3.05) is 26.2 Å². The lowest BCUT2D eigenvalue weighted by Crippen LogP contribution is -2.48. The Morgan fingerprint density at radius 1 is 1.19 bits per heavy atom. The molecule has 1 atom stereocenters. The van der Waals surface area contributed by atoms with Crippen LogP contribution in [0.3, 0.4) is 0 Å². The Kier molecular flexibility index (Phi) is 4.80. The van der Waals surface area contributed by atoms with Crippen LogP contribution in [0.25, 0.3) is 0 Å². The van der Waals surface area contributed by atoms with Crippen molar-refractivity contribution in [1.82, 2.24) is 10.6 Å². The molecule has 1 heterocycles. The monoisotopic (exact) mass is 220 g/mol. The maximum absolute atomic E-state index is 5.65. The lowest BCUT2D eigenvalue weighted by molar-refractivity contribution is 0.109. The van der Waals surface area contributed by atoms with Crippen LogP contribution in [-0.2, 0) is 11.3 Å². The van der Waals surface area contributed by atoms with Gasteiger partial charge in [-0.25, -0.2) is 0 Å². The molecule has 0 bridgehead atoms. The van der Waals surface area contributed by atoms with Gasteiger partial charge in [0.2, 0.25) is 0 Å². The molecule has 0 aromatic heterocycles. The van der Waals surface area contributed by atoms with Gasteiger partial charge in [0.25, 0.3) is 0 Å². The van der Waals surface area contributed by atoms with Crippen molar-refractivity contribution in [2.24, 2.45) is 0 Å². The van der Waals surface area contributed by atoms with Gasteiger partial charge in [-0.1, -0.05) is 30.3 Å². The van der Waals surface area contributed by atoms with Crippen LogP contribution in [0.5, 0.6) is 0 Å². The van der Waals surface area contributed by atoms with Gasteiger partial charge in [0.15, 0.2) is 0 Å². The summed E-state index contributed by atoms with van der Waals surface area (Å²) >= 11 is 0. The summed E-state index contributed by atoms with van der Waals surface area (Å²) in [6, 6.07) is 10.9. The van der Waals surface area contributed by atoms with Gasteiger partial charge in [-0.05, 0) is 12.0 Å². The highest BCUT2D eigenvalue weighted by Gasteiger charge is 2.10. The summed E-state index contributed by atoms with van der Waals surface area (Å²) in [5.74, 6) is 0. The smallest absolute Gasteiger partial charge is 0.0716 e. The summed E-state index contributed by atoms with van der Waals surface area (Å²) in [4.78, 5) is 0. The molecule has 1 aromatic rings. The van der Waals surface area contributed by atoms with Crippen LogP contribution in [0, 0.1) is 0 Å². The van der Waals surface area contributed by atoms with Crippen LogP contribution in [0.1, 0.15) is 12.0 Å². The van der Waals surface area contributed by atoms with Crippen molar-refractivity contribution in [3.05, 3.63) is 35.9 Å². The highest BCUT2D eigenvalue weighted by molar-refractivity contribution is 5.13. The molecule has 1 aromatic carbocycles. The number of benzene rings is 1. The van der Waals surface area contributed by atoms with E-state index in [4.69, 9.17) is 4.74 Å². The Bertz CT molecular complexity index is 283. The molecule has 88 valence electrons. The van der Waals surface area contributed by atoms with E-state index >= 15 is 0 Å². The van der Waals surface area contributed by atoms with Crippen LogP contribution in [0.2, 0.25) is 0 Å². The largest absolute Gasteiger partial charge is 0.377 e. The molecule has 0 amide bonds. The molecule has 1 aliphatic heterocycles. The van der Waals surface area contributed by atoms with E-state index < -0.39 is 0 Å². The third-order valence-corrected chi connectivity index (χ3v) is 2.85. The second-order valence-corrected chi connectivity index (χ2v) is 4.18. The Balaban J connectivity index is 1.58. The van der Waals surface area contributed by atoms with E-state index in [0.29, 0.717) is 6.04 Å². The molecular formula is C13H20N2O. The number of hydrogen-bond acceptors (Lipinski definition) is 3. The average molecular weight is 220 g/mol. The third-order valence-electron chi connectivity index (χ3n) is 2.85. The summed E-state index contributed by atoms with van der Waals surface area (Å²) in [5.41, 5.74) is 1.25. The lowest BCUT2D eigenvalue weighted by atomic mass is 10.2. The highest BCUT2D eigenvalue weighted by atomic mass is 16.5. The average Bonchev–Trinajstić information content (AvgIpc) is 2.37. The maximum atomic E-state index is 5.65. The van der Waals surface area contributed by atoms with E-state index in [1.165, 1.54) is 5.56 Å². The summed E-state index contributed by atoms with van der Waals surface area (Å²) in [7, 11) is 0. The summed E-state index contributed by atoms with van der Waals surface area (Å²) < 4.78 is 5.65. The normalized spacial score (nSPS) is 20.9. The molecule has 0 saturated carbocycles. The van der Waals surface area contributed by atoms with Gasteiger partial charge < -0.3 is 15.4 Å². The number of nitrogens with one attached hydrogen (secondary N) is 2. The Labute approximate surface area is 97.2 Å². The number of piperazine rings is 1. The lowest BCUT2D eigenvalue weighted by Gasteiger charge is -2.24. The van der Waals surface area contributed by atoms with Crippen LogP contribution in [0.4, 0.5) is 0 Å². The minimum absolute atomic E-state index is 0.574. The molecule has 2 rings (SSSR count). The van der Waals surface area contributed by atoms with Crippen molar-refractivity contribution >= 4 is 0 Å². The number of hydrogen-bond donors (Lipinski definition) is 2. The molecule has 0 spiro atoms. The Morgan fingerprint density at radius 2 is 2.06 bits per heavy atom. The first-order valence-electron chi connectivity index (χ1n) is 6.01. The SMILES string of the molecule is c1ccc(COCC[C@H]2CNCCN2)cc1. The van der Waals surface area contributed by atoms with Crippen LogP contribution in [-0.4, -0.2) is 32.3 Å². The topological polar surface area (TPSA) is 33.3 Å². The van der Waals surface area contributed by atoms with Gasteiger partial charge in [0.1, 0.15) is 0 Å². The summed E-state index contributed by atoms with van der Waals surface area (Å²) in [5, 5.41) is 6.85. The van der Waals surface area contributed by atoms with Gasteiger partial charge >= 0.3 is 0 Å². The predicted octanol–water partition coefficient (Wildman–Crippen LogP) is 1.15. The third kappa shape index (κ3) is 3.93. The molecule has 3 heteroatoms. The zero-order chi connectivity index (χ0) is 11.1. The van der Waals surface area contributed by atoms with E-state index in [1.54, 1.807) is 0 Å². The van der Waals surface area contributed by atoms with Crippen molar-refractivity contribution in [3.63, 3.8) is 0 Å². The van der Waals surface area contributed by atoms with Crippen molar-refractivity contribution in [1.29, 1.82) is 0 Å². The van der Waals surface area contributed by atoms with Crippen LogP contribution in [0.15, 0.2) is 30.3 Å². The summed E-state index contributed by atoms with van der Waals surface area (Å²) in [6.07, 6.45) is 1.08. The van der Waals surface area contributed by atoms with Crippen LogP contribution < -0.4 is 10.6 Å². The zero-order valence-electron chi connectivity index (χ0n) is 9.61. The second-order valence-electron chi connectivity index (χ2n) is 4.18. The van der Waals surface area contributed by atoms with E-state index in [1.807, 2.05) is 18.2 Å². The molecule has 0 unspecified atom stereocenters. The van der Waals surface area contributed by atoms with Crippen molar-refractivity contribution < 1.29 is 4.74 Å². The predicted molar refractivity (Wildman–Crippen MR) is 65.4 cm³/mol. The van der Waals surface area contributed by atoms with E-state index in [0.717, 1.165) is 39.3 Å². The van der Waals surface area contributed by atoms with E-state index in [-0.39, 0.29) is 0 Å². The first-order valence-corrected chi connectivity index (χ1v) is 6.01. The fourth-order valence-corrected chi connectivity index (χ4v) is 1.91. The molecule has 0 radical (unpaired) electrons. The molecule has 16 heavy (non-hydrogen) atoms. The van der Waals surface area contributed by atoms with Gasteiger partial charge in [0, 0.05) is 32.3 Å². The number of rotatable bonds is 5. The second kappa shape index (κ2) is 6.63. The fraction of sp³-hybridized carbons (Fsp3) is 0.538. The first kappa shape index (κ1) is 11.6. The molecule has 2 N–H and O–H groups in total. The molecule has 0 aliphatic carbocycles. The minimum Gasteiger partial charge on any atom is -0.377 e. The van der Waals surface area contributed by atoms with Crippen molar-refractivity contribution in [3.8, 4) is 0 Å². The molecule has 1 fully saturated rings. The number of ether oxygens (including phenoxy) is 1. The van der Waals surface area contributed by atoms with Gasteiger partial charge in [-0.2, -0.15) is 0 Å². The maximum Gasteiger partial charge on any atom is 0.0716 e. The quantitative estimate of drug-likeness (QED) is 0.730. The molecule has 1 saturated heterocycles. The van der Waals surface area contributed by atoms with E-state index in [9.17, 15) is 0 Å². The zero-order valence-corrected chi connectivity index (χ0v) is 9.61.